The molecule has 0 atom stereocenters. The number of anilines is 1. The Hall–Kier alpha value is -2.73. The summed E-state index contributed by atoms with van der Waals surface area (Å²) >= 11 is 5.92. The number of esters is 1. The van der Waals surface area contributed by atoms with E-state index in [1.807, 2.05) is 31.2 Å². The maximum atomic E-state index is 12.0. The van der Waals surface area contributed by atoms with Gasteiger partial charge in [-0.15, -0.1) is 0 Å². The zero-order valence-corrected chi connectivity index (χ0v) is 16.0. The number of methoxy groups -OCH3 is 1. The molecule has 0 aliphatic rings. The molecule has 0 aliphatic heterocycles. The summed E-state index contributed by atoms with van der Waals surface area (Å²) < 4.78 is 15.7. The summed E-state index contributed by atoms with van der Waals surface area (Å²) in [7, 11) is 1.49. The van der Waals surface area contributed by atoms with Crippen molar-refractivity contribution in [2.24, 2.45) is 0 Å². The van der Waals surface area contributed by atoms with Crippen molar-refractivity contribution in [2.75, 3.05) is 25.6 Å². The standard InChI is InChI=1S/C20H22ClNO5/c1-3-26-17-7-5-4-6-14(17)8-11-20(24)27-13-19(23)22-16-12-15(21)9-10-18(16)25-2/h4-7,9-10,12H,3,8,11,13H2,1-2H3,(H,22,23). The van der Waals surface area contributed by atoms with E-state index in [1.165, 1.54) is 7.11 Å². The van der Waals surface area contributed by atoms with Gasteiger partial charge in [0, 0.05) is 11.4 Å². The molecule has 0 radical (unpaired) electrons. The van der Waals surface area contributed by atoms with Crippen molar-refractivity contribution in [3.8, 4) is 11.5 Å². The first-order valence-electron chi connectivity index (χ1n) is 8.53. The molecule has 0 saturated heterocycles. The average Bonchev–Trinajstić information content (AvgIpc) is 2.66. The quantitative estimate of drug-likeness (QED) is 0.657. The fourth-order valence-electron chi connectivity index (χ4n) is 2.43. The highest BCUT2D eigenvalue weighted by atomic mass is 35.5. The van der Waals surface area contributed by atoms with Gasteiger partial charge in [-0.1, -0.05) is 29.8 Å². The first-order valence-corrected chi connectivity index (χ1v) is 8.91. The molecule has 1 amide bonds. The summed E-state index contributed by atoms with van der Waals surface area (Å²) in [5, 5.41) is 3.07. The molecule has 0 saturated carbocycles. The third kappa shape index (κ3) is 6.49. The van der Waals surface area contributed by atoms with Gasteiger partial charge in [0.25, 0.3) is 5.91 Å². The van der Waals surface area contributed by atoms with E-state index in [-0.39, 0.29) is 13.0 Å². The molecule has 27 heavy (non-hydrogen) atoms. The summed E-state index contributed by atoms with van der Waals surface area (Å²) in [5.41, 5.74) is 1.33. The van der Waals surface area contributed by atoms with E-state index in [4.69, 9.17) is 25.8 Å². The van der Waals surface area contributed by atoms with Crippen molar-refractivity contribution >= 4 is 29.2 Å². The molecule has 1 N–H and O–H groups in total. The molecule has 0 aromatic heterocycles. The number of rotatable bonds is 9. The maximum absolute atomic E-state index is 12.0. The molecule has 0 heterocycles. The number of ether oxygens (including phenoxy) is 3. The number of hydrogen-bond acceptors (Lipinski definition) is 5. The van der Waals surface area contributed by atoms with Gasteiger partial charge in [0.1, 0.15) is 11.5 Å². The number of hydrogen-bond donors (Lipinski definition) is 1. The van der Waals surface area contributed by atoms with Crippen molar-refractivity contribution in [3.63, 3.8) is 0 Å². The molecule has 7 heteroatoms. The number of carbonyl (C=O) groups is 2. The highest BCUT2D eigenvalue weighted by Gasteiger charge is 2.12. The Bertz CT molecular complexity index is 794. The fraction of sp³-hybridized carbons (Fsp3) is 0.300. The van der Waals surface area contributed by atoms with Crippen molar-refractivity contribution in [1.29, 1.82) is 0 Å². The fourth-order valence-corrected chi connectivity index (χ4v) is 2.60. The van der Waals surface area contributed by atoms with Gasteiger partial charge in [0.15, 0.2) is 6.61 Å². The van der Waals surface area contributed by atoms with Gasteiger partial charge in [-0.05, 0) is 43.2 Å². The van der Waals surface area contributed by atoms with Gasteiger partial charge in [0.2, 0.25) is 0 Å². The number of carbonyl (C=O) groups excluding carboxylic acids is 2. The summed E-state index contributed by atoms with van der Waals surface area (Å²) in [6.07, 6.45) is 0.622. The van der Waals surface area contributed by atoms with E-state index in [9.17, 15) is 9.59 Å². The van der Waals surface area contributed by atoms with Crippen LogP contribution in [0, 0.1) is 0 Å². The summed E-state index contributed by atoms with van der Waals surface area (Å²) in [4.78, 5) is 23.9. The van der Waals surface area contributed by atoms with Crippen LogP contribution < -0.4 is 14.8 Å². The lowest BCUT2D eigenvalue weighted by molar-refractivity contribution is -0.147. The van der Waals surface area contributed by atoms with Crippen LogP contribution in [0.15, 0.2) is 42.5 Å². The molecule has 2 aromatic carbocycles. The zero-order valence-electron chi connectivity index (χ0n) is 15.3. The number of halogens is 1. The molecular formula is C20H22ClNO5. The van der Waals surface area contributed by atoms with Gasteiger partial charge in [-0.25, -0.2) is 0 Å². The minimum absolute atomic E-state index is 0.151. The van der Waals surface area contributed by atoms with E-state index >= 15 is 0 Å². The Morgan fingerprint density at radius 2 is 1.89 bits per heavy atom. The van der Waals surface area contributed by atoms with Crippen molar-refractivity contribution in [2.45, 2.75) is 19.8 Å². The molecule has 2 rings (SSSR count). The molecule has 0 unspecified atom stereocenters. The zero-order chi connectivity index (χ0) is 19.6. The molecule has 0 bridgehead atoms. The number of aryl methyl sites for hydroxylation is 1. The lowest BCUT2D eigenvalue weighted by Gasteiger charge is -2.11. The smallest absolute Gasteiger partial charge is 0.306 e. The Morgan fingerprint density at radius 1 is 1.11 bits per heavy atom. The van der Waals surface area contributed by atoms with Crippen LogP contribution in [0.25, 0.3) is 0 Å². The third-order valence-electron chi connectivity index (χ3n) is 3.67. The lowest BCUT2D eigenvalue weighted by Crippen LogP contribution is -2.21. The van der Waals surface area contributed by atoms with Crippen LogP contribution in [0.4, 0.5) is 5.69 Å². The van der Waals surface area contributed by atoms with Crippen LogP contribution in [0.3, 0.4) is 0 Å². The monoisotopic (exact) mass is 391 g/mol. The van der Waals surface area contributed by atoms with Crippen molar-refractivity contribution in [1.82, 2.24) is 0 Å². The average molecular weight is 392 g/mol. The predicted octanol–water partition coefficient (Wildman–Crippen LogP) is 3.86. The van der Waals surface area contributed by atoms with E-state index in [1.54, 1.807) is 18.2 Å². The first kappa shape index (κ1) is 20.6. The number of nitrogens with one attached hydrogen (secondary N) is 1. The largest absolute Gasteiger partial charge is 0.495 e. The SMILES string of the molecule is CCOc1ccccc1CCC(=O)OCC(=O)Nc1cc(Cl)ccc1OC. The van der Waals surface area contributed by atoms with Crippen LogP contribution in [-0.2, 0) is 20.7 Å². The predicted molar refractivity (Wildman–Crippen MR) is 104 cm³/mol. The van der Waals surface area contributed by atoms with E-state index in [2.05, 4.69) is 5.32 Å². The molecule has 0 aliphatic carbocycles. The second-order valence-electron chi connectivity index (χ2n) is 5.59. The van der Waals surface area contributed by atoms with Gasteiger partial charge in [-0.3, -0.25) is 9.59 Å². The Morgan fingerprint density at radius 3 is 2.63 bits per heavy atom. The number of benzene rings is 2. The van der Waals surface area contributed by atoms with Gasteiger partial charge >= 0.3 is 5.97 Å². The van der Waals surface area contributed by atoms with E-state index < -0.39 is 11.9 Å². The van der Waals surface area contributed by atoms with Gasteiger partial charge in [-0.2, -0.15) is 0 Å². The Kier molecular flexibility index (Phi) is 7.95. The van der Waals surface area contributed by atoms with Crippen LogP contribution >= 0.6 is 11.6 Å². The van der Waals surface area contributed by atoms with Crippen LogP contribution in [0.2, 0.25) is 5.02 Å². The normalized spacial score (nSPS) is 10.2. The Balaban J connectivity index is 1.82. The molecule has 0 spiro atoms. The van der Waals surface area contributed by atoms with E-state index in [0.717, 1.165) is 11.3 Å². The number of amides is 1. The van der Waals surface area contributed by atoms with Gasteiger partial charge in [0.05, 0.1) is 19.4 Å². The summed E-state index contributed by atoms with van der Waals surface area (Å²) in [6, 6.07) is 12.4. The molecule has 2 aromatic rings. The highest BCUT2D eigenvalue weighted by molar-refractivity contribution is 6.31. The van der Waals surface area contributed by atoms with Crippen molar-refractivity contribution in [3.05, 3.63) is 53.1 Å². The lowest BCUT2D eigenvalue weighted by atomic mass is 10.1. The highest BCUT2D eigenvalue weighted by Crippen LogP contribution is 2.27. The molecule has 144 valence electrons. The molecule has 0 fully saturated rings. The summed E-state index contributed by atoms with van der Waals surface area (Å²) in [5.74, 6) is 0.276. The van der Waals surface area contributed by atoms with E-state index in [0.29, 0.717) is 29.5 Å². The first-order chi connectivity index (χ1) is 13.0. The van der Waals surface area contributed by atoms with Gasteiger partial charge < -0.3 is 19.5 Å². The van der Waals surface area contributed by atoms with Crippen LogP contribution in [0.1, 0.15) is 18.9 Å². The number of para-hydroxylation sites is 1. The minimum atomic E-state index is -0.473. The second kappa shape index (κ2) is 10.4. The summed E-state index contributed by atoms with van der Waals surface area (Å²) in [6.45, 7) is 2.06. The topological polar surface area (TPSA) is 73.9 Å². The molecule has 6 nitrogen and oxygen atoms in total. The maximum Gasteiger partial charge on any atom is 0.306 e. The van der Waals surface area contributed by atoms with Crippen LogP contribution in [0.5, 0.6) is 11.5 Å². The molecular weight excluding hydrogens is 370 g/mol. The van der Waals surface area contributed by atoms with Crippen molar-refractivity contribution < 1.29 is 23.8 Å². The second-order valence-corrected chi connectivity index (χ2v) is 6.03. The minimum Gasteiger partial charge on any atom is -0.495 e. The third-order valence-corrected chi connectivity index (χ3v) is 3.91. The Labute approximate surface area is 163 Å². The van der Waals surface area contributed by atoms with Crippen LogP contribution in [-0.4, -0.2) is 32.2 Å².